The molecule has 0 atom stereocenters. The molecular weight excluding hydrogens is 392 g/mol. The number of benzene rings is 2. The summed E-state index contributed by atoms with van der Waals surface area (Å²) in [5, 5.41) is 0. The van der Waals surface area contributed by atoms with Gasteiger partial charge in [0.1, 0.15) is 13.2 Å². The molecule has 0 aromatic heterocycles. The van der Waals surface area contributed by atoms with Crippen LogP contribution in [0.3, 0.4) is 0 Å². The molecule has 0 saturated heterocycles. The highest BCUT2D eigenvalue weighted by atomic mass is 16.7. The fourth-order valence-electron chi connectivity index (χ4n) is 2.32. The van der Waals surface area contributed by atoms with Gasteiger partial charge in [-0.3, -0.25) is 9.59 Å². The zero-order valence-corrected chi connectivity index (χ0v) is 16.3. The fourth-order valence-corrected chi connectivity index (χ4v) is 2.32. The SMILES string of the molecule is O=C(CCCCC(=O)OC(=O)OCc1ccccc1)OC(=O)OCc1ccccc1. The van der Waals surface area contributed by atoms with Crippen LogP contribution in [0.2, 0.25) is 0 Å². The summed E-state index contributed by atoms with van der Waals surface area (Å²) in [7, 11) is 0. The van der Waals surface area contributed by atoms with Crippen LogP contribution in [-0.2, 0) is 41.8 Å². The lowest BCUT2D eigenvalue weighted by Gasteiger charge is -2.06. The molecule has 0 aliphatic rings. The maximum Gasteiger partial charge on any atom is 0.516 e. The van der Waals surface area contributed by atoms with Crippen LogP contribution < -0.4 is 0 Å². The first kappa shape index (κ1) is 22.6. The predicted molar refractivity (Wildman–Crippen MR) is 104 cm³/mol. The molecule has 158 valence electrons. The van der Waals surface area contributed by atoms with E-state index >= 15 is 0 Å². The number of hydrogen-bond donors (Lipinski definition) is 0. The van der Waals surface area contributed by atoms with E-state index in [0.29, 0.717) is 0 Å². The molecule has 0 saturated carbocycles. The Kier molecular flexibility index (Phi) is 9.58. The molecule has 0 unspecified atom stereocenters. The van der Waals surface area contributed by atoms with Gasteiger partial charge in [-0.05, 0) is 24.0 Å². The van der Waals surface area contributed by atoms with E-state index in [1.807, 2.05) is 12.1 Å². The van der Waals surface area contributed by atoms with Gasteiger partial charge < -0.3 is 18.9 Å². The van der Waals surface area contributed by atoms with Gasteiger partial charge in [0, 0.05) is 12.8 Å². The largest absolute Gasteiger partial charge is 0.516 e. The van der Waals surface area contributed by atoms with Crippen molar-refractivity contribution in [2.24, 2.45) is 0 Å². The van der Waals surface area contributed by atoms with Gasteiger partial charge in [-0.25, -0.2) is 9.59 Å². The molecule has 0 amide bonds. The van der Waals surface area contributed by atoms with Crippen LogP contribution in [0.1, 0.15) is 36.8 Å². The van der Waals surface area contributed by atoms with E-state index < -0.39 is 24.2 Å². The minimum atomic E-state index is -1.08. The topological polar surface area (TPSA) is 105 Å². The van der Waals surface area contributed by atoms with Gasteiger partial charge in [-0.2, -0.15) is 0 Å². The first-order valence-corrected chi connectivity index (χ1v) is 9.35. The van der Waals surface area contributed by atoms with E-state index in [0.717, 1.165) is 11.1 Å². The van der Waals surface area contributed by atoms with Gasteiger partial charge in [-0.15, -0.1) is 0 Å². The zero-order valence-electron chi connectivity index (χ0n) is 16.3. The maximum absolute atomic E-state index is 11.6. The number of unbranched alkanes of at least 4 members (excludes halogenated alkanes) is 1. The monoisotopic (exact) mass is 414 g/mol. The van der Waals surface area contributed by atoms with E-state index in [9.17, 15) is 19.2 Å². The highest BCUT2D eigenvalue weighted by Gasteiger charge is 2.14. The van der Waals surface area contributed by atoms with Gasteiger partial charge >= 0.3 is 24.2 Å². The number of carbonyl (C=O) groups excluding carboxylic acids is 4. The smallest absolute Gasteiger partial charge is 0.429 e. The zero-order chi connectivity index (χ0) is 21.6. The van der Waals surface area contributed by atoms with Crippen molar-refractivity contribution < 1.29 is 38.1 Å². The Hall–Kier alpha value is -3.68. The summed E-state index contributed by atoms with van der Waals surface area (Å²) >= 11 is 0. The van der Waals surface area contributed by atoms with Crippen LogP contribution in [0.25, 0.3) is 0 Å². The van der Waals surface area contributed by atoms with Crippen LogP contribution in [0.4, 0.5) is 9.59 Å². The fraction of sp³-hybridized carbons (Fsp3) is 0.273. The Balaban J connectivity index is 1.52. The molecule has 0 heterocycles. The molecular formula is C22H22O8. The van der Waals surface area contributed by atoms with E-state index in [4.69, 9.17) is 9.47 Å². The quantitative estimate of drug-likeness (QED) is 0.340. The Morgan fingerprint density at radius 1 is 0.567 bits per heavy atom. The molecule has 2 rings (SSSR count). The molecule has 0 bridgehead atoms. The van der Waals surface area contributed by atoms with Crippen LogP contribution in [-0.4, -0.2) is 24.2 Å². The summed E-state index contributed by atoms with van der Waals surface area (Å²) in [5.41, 5.74) is 1.53. The lowest BCUT2D eigenvalue weighted by molar-refractivity contribution is -0.142. The number of rotatable bonds is 9. The van der Waals surface area contributed by atoms with E-state index in [2.05, 4.69) is 9.47 Å². The standard InChI is InChI=1S/C22H22O8/c23-19(29-21(25)27-15-17-9-3-1-4-10-17)13-7-8-14-20(24)30-22(26)28-16-18-11-5-2-6-12-18/h1-6,9-12H,7-8,13-16H2. The number of esters is 2. The van der Waals surface area contributed by atoms with Crippen molar-refractivity contribution in [1.82, 2.24) is 0 Å². The van der Waals surface area contributed by atoms with Gasteiger partial charge in [0.2, 0.25) is 0 Å². The summed E-state index contributed by atoms with van der Waals surface area (Å²) in [4.78, 5) is 46.1. The molecule has 0 spiro atoms. The Bertz CT molecular complexity index is 761. The molecule has 2 aromatic carbocycles. The lowest BCUT2D eigenvalue weighted by atomic mass is 10.2. The lowest BCUT2D eigenvalue weighted by Crippen LogP contribution is -2.15. The van der Waals surface area contributed by atoms with E-state index in [-0.39, 0.29) is 38.9 Å². The van der Waals surface area contributed by atoms with E-state index in [1.54, 1.807) is 48.5 Å². The normalized spacial score (nSPS) is 10.0. The Morgan fingerprint density at radius 2 is 0.933 bits per heavy atom. The molecule has 0 radical (unpaired) electrons. The highest BCUT2D eigenvalue weighted by molar-refractivity contribution is 5.82. The third-order valence-corrected chi connectivity index (χ3v) is 3.81. The minimum Gasteiger partial charge on any atom is -0.429 e. The average molecular weight is 414 g/mol. The van der Waals surface area contributed by atoms with Crippen molar-refractivity contribution in [2.75, 3.05) is 0 Å². The third-order valence-electron chi connectivity index (χ3n) is 3.81. The second-order valence-corrected chi connectivity index (χ2v) is 6.20. The van der Waals surface area contributed by atoms with Crippen molar-refractivity contribution >= 4 is 24.2 Å². The molecule has 8 heteroatoms. The van der Waals surface area contributed by atoms with Gasteiger partial charge in [0.05, 0.1) is 0 Å². The highest BCUT2D eigenvalue weighted by Crippen LogP contribution is 2.07. The molecule has 8 nitrogen and oxygen atoms in total. The van der Waals surface area contributed by atoms with Crippen molar-refractivity contribution in [3.63, 3.8) is 0 Å². The minimum absolute atomic E-state index is 0.000827. The first-order valence-electron chi connectivity index (χ1n) is 9.35. The second-order valence-electron chi connectivity index (χ2n) is 6.20. The first-order chi connectivity index (χ1) is 14.5. The molecule has 0 aliphatic carbocycles. The van der Waals surface area contributed by atoms with Crippen molar-refractivity contribution in [1.29, 1.82) is 0 Å². The molecule has 30 heavy (non-hydrogen) atoms. The summed E-state index contributed by atoms with van der Waals surface area (Å²) in [5.74, 6) is -1.52. The van der Waals surface area contributed by atoms with Gasteiger partial charge in [-0.1, -0.05) is 60.7 Å². The predicted octanol–water partition coefficient (Wildman–Crippen LogP) is 4.31. The molecule has 0 fully saturated rings. The van der Waals surface area contributed by atoms with Crippen LogP contribution >= 0.6 is 0 Å². The van der Waals surface area contributed by atoms with E-state index in [1.165, 1.54) is 0 Å². The average Bonchev–Trinajstić information content (AvgIpc) is 2.75. The summed E-state index contributed by atoms with van der Waals surface area (Å²) in [6, 6.07) is 17.9. The van der Waals surface area contributed by atoms with Crippen molar-refractivity contribution in [2.45, 2.75) is 38.9 Å². The summed E-state index contributed by atoms with van der Waals surface area (Å²) in [6.07, 6.45) is -1.76. The van der Waals surface area contributed by atoms with Gasteiger partial charge in [0.25, 0.3) is 0 Å². The second kappa shape index (κ2) is 12.7. The third kappa shape index (κ3) is 9.50. The molecule has 0 aliphatic heterocycles. The van der Waals surface area contributed by atoms with Crippen LogP contribution in [0.5, 0.6) is 0 Å². The summed E-state index contributed by atoms with van der Waals surface area (Å²) < 4.78 is 18.7. The number of carbonyl (C=O) groups is 4. The molecule has 2 aromatic rings. The van der Waals surface area contributed by atoms with Crippen molar-refractivity contribution in [3.8, 4) is 0 Å². The Morgan fingerprint density at radius 3 is 1.30 bits per heavy atom. The summed E-state index contributed by atoms with van der Waals surface area (Å²) in [6.45, 7) is -0.00165. The van der Waals surface area contributed by atoms with Gasteiger partial charge in [0.15, 0.2) is 0 Å². The van der Waals surface area contributed by atoms with Crippen molar-refractivity contribution in [3.05, 3.63) is 71.8 Å². The number of ether oxygens (including phenoxy) is 4. The molecule has 0 N–H and O–H groups in total. The Labute approximate surface area is 173 Å². The van der Waals surface area contributed by atoms with Crippen LogP contribution in [0.15, 0.2) is 60.7 Å². The van der Waals surface area contributed by atoms with Crippen LogP contribution in [0, 0.1) is 0 Å². The maximum atomic E-state index is 11.6. The number of hydrogen-bond acceptors (Lipinski definition) is 8.